The number of rotatable bonds is 9. The Labute approximate surface area is 216 Å². The van der Waals surface area contributed by atoms with E-state index in [4.69, 9.17) is 9.47 Å². The lowest BCUT2D eigenvalue weighted by atomic mass is 10.1. The molecule has 0 saturated carbocycles. The van der Waals surface area contributed by atoms with Gasteiger partial charge in [0, 0.05) is 65.4 Å². The van der Waals surface area contributed by atoms with Crippen molar-refractivity contribution in [3.05, 3.63) is 58.7 Å². The topological polar surface area (TPSA) is 48.5 Å². The van der Waals surface area contributed by atoms with Gasteiger partial charge in [-0.05, 0) is 54.7 Å². The third-order valence-corrected chi connectivity index (χ3v) is 7.74. The minimum Gasteiger partial charge on any atom is -0.493 e. The van der Waals surface area contributed by atoms with Gasteiger partial charge in [-0.3, -0.25) is 14.6 Å². The van der Waals surface area contributed by atoms with Crippen LogP contribution in [0.25, 0.3) is 0 Å². The van der Waals surface area contributed by atoms with Gasteiger partial charge in [0.25, 0.3) is 0 Å². The highest BCUT2D eigenvalue weighted by Crippen LogP contribution is 2.31. The van der Waals surface area contributed by atoms with Crippen molar-refractivity contribution in [2.24, 2.45) is 0 Å². The lowest BCUT2D eigenvalue weighted by Crippen LogP contribution is -2.53. The molecule has 0 bridgehead atoms. The molecule has 0 aromatic heterocycles. The SMILES string of the molecule is COc1cc(C)c(CN2CCN(C(=O)CN3CCN(CCc4ccccc4C)CC3)CC2)cc1OC. The van der Waals surface area contributed by atoms with Gasteiger partial charge in [-0.15, -0.1) is 0 Å². The predicted octanol–water partition coefficient (Wildman–Crippen LogP) is 2.83. The number of carbonyl (C=O) groups excluding carboxylic acids is 1. The number of hydrogen-bond donors (Lipinski definition) is 0. The number of hydrogen-bond acceptors (Lipinski definition) is 6. The van der Waals surface area contributed by atoms with Gasteiger partial charge in [-0.25, -0.2) is 0 Å². The largest absolute Gasteiger partial charge is 0.493 e. The van der Waals surface area contributed by atoms with E-state index in [9.17, 15) is 4.79 Å². The zero-order valence-corrected chi connectivity index (χ0v) is 22.5. The van der Waals surface area contributed by atoms with Crippen LogP contribution in [-0.2, 0) is 17.8 Å². The van der Waals surface area contributed by atoms with Gasteiger partial charge >= 0.3 is 0 Å². The van der Waals surface area contributed by atoms with Crippen molar-refractivity contribution in [1.82, 2.24) is 19.6 Å². The summed E-state index contributed by atoms with van der Waals surface area (Å²) in [6, 6.07) is 12.8. The molecule has 0 N–H and O–H groups in total. The fraction of sp³-hybridized carbons (Fsp3) is 0.552. The first-order chi connectivity index (χ1) is 17.5. The van der Waals surface area contributed by atoms with Crippen LogP contribution in [0.3, 0.4) is 0 Å². The maximum atomic E-state index is 13.0. The molecule has 196 valence electrons. The second kappa shape index (κ2) is 12.6. The Kier molecular flexibility index (Phi) is 9.24. The molecule has 2 heterocycles. The number of benzene rings is 2. The zero-order valence-electron chi connectivity index (χ0n) is 22.5. The summed E-state index contributed by atoms with van der Waals surface area (Å²) in [4.78, 5) is 22.3. The van der Waals surface area contributed by atoms with Crippen molar-refractivity contribution < 1.29 is 14.3 Å². The molecule has 7 nitrogen and oxygen atoms in total. The second-order valence-electron chi connectivity index (χ2n) is 10.1. The Hall–Kier alpha value is -2.61. The van der Waals surface area contributed by atoms with Crippen molar-refractivity contribution in [2.45, 2.75) is 26.8 Å². The molecule has 4 rings (SSSR count). The normalized spacial score (nSPS) is 17.8. The number of carbonyl (C=O) groups is 1. The van der Waals surface area contributed by atoms with E-state index in [-0.39, 0.29) is 5.91 Å². The van der Waals surface area contributed by atoms with E-state index in [1.165, 1.54) is 22.3 Å². The highest BCUT2D eigenvalue weighted by atomic mass is 16.5. The summed E-state index contributed by atoms with van der Waals surface area (Å²) in [5.74, 6) is 1.80. The average molecular weight is 495 g/mol. The fourth-order valence-electron chi connectivity index (χ4n) is 5.22. The Morgan fingerprint density at radius 3 is 2.03 bits per heavy atom. The molecule has 0 aliphatic carbocycles. The first-order valence-electron chi connectivity index (χ1n) is 13.2. The number of aryl methyl sites for hydroxylation is 2. The Morgan fingerprint density at radius 1 is 0.750 bits per heavy atom. The van der Waals surface area contributed by atoms with Crippen molar-refractivity contribution >= 4 is 5.91 Å². The smallest absolute Gasteiger partial charge is 0.236 e. The maximum Gasteiger partial charge on any atom is 0.236 e. The average Bonchev–Trinajstić information content (AvgIpc) is 2.90. The summed E-state index contributed by atoms with van der Waals surface area (Å²) >= 11 is 0. The molecule has 36 heavy (non-hydrogen) atoms. The number of methoxy groups -OCH3 is 2. The highest BCUT2D eigenvalue weighted by molar-refractivity contribution is 5.78. The summed E-state index contributed by atoms with van der Waals surface area (Å²) in [5, 5.41) is 0. The summed E-state index contributed by atoms with van der Waals surface area (Å²) in [6.45, 7) is 14.2. The van der Waals surface area contributed by atoms with E-state index in [2.05, 4.69) is 58.9 Å². The second-order valence-corrected chi connectivity index (χ2v) is 10.1. The summed E-state index contributed by atoms with van der Waals surface area (Å²) in [6.07, 6.45) is 1.10. The molecule has 0 atom stereocenters. The van der Waals surface area contributed by atoms with Crippen LogP contribution in [0.5, 0.6) is 11.5 Å². The van der Waals surface area contributed by atoms with Gasteiger partial charge < -0.3 is 19.3 Å². The molecule has 0 radical (unpaired) electrons. The van der Waals surface area contributed by atoms with E-state index in [0.29, 0.717) is 6.54 Å². The molecule has 2 aromatic carbocycles. The molecule has 2 saturated heterocycles. The van der Waals surface area contributed by atoms with Gasteiger partial charge in [-0.2, -0.15) is 0 Å². The van der Waals surface area contributed by atoms with Crippen LogP contribution < -0.4 is 9.47 Å². The van der Waals surface area contributed by atoms with Crippen molar-refractivity contribution in [3.63, 3.8) is 0 Å². The van der Waals surface area contributed by atoms with Crippen LogP contribution in [0.2, 0.25) is 0 Å². The molecule has 2 aliphatic heterocycles. The van der Waals surface area contributed by atoms with Crippen molar-refractivity contribution in [1.29, 1.82) is 0 Å². The van der Waals surface area contributed by atoms with Crippen LogP contribution in [0.4, 0.5) is 0 Å². The number of ether oxygens (including phenoxy) is 2. The predicted molar refractivity (Wildman–Crippen MR) is 144 cm³/mol. The number of piperazine rings is 2. The minimum atomic E-state index is 0.269. The molecule has 0 unspecified atom stereocenters. The quantitative estimate of drug-likeness (QED) is 0.534. The molecule has 2 aromatic rings. The highest BCUT2D eigenvalue weighted by Gasteiger charge is 2.25. The molecule has 2 aliphatic rings. The van der Waals surface area contributed by atoms with E-state index >= 15 is 0 Å². The molecular formula is C29H42N4O3. The van der Waals surface area contributed by atoms with Crippen LogP contribution in [0.1, 0.15) is 22.3 Å². The van der Waals surface area contributed by atoms with Gasteiger partial charge in [0.15, 0.2) is 11.5 Å². The summed E-state index contributed by atoms with van der Waals surface area (Å²) in [7, 11) is 3.34. The van der Waals surface area contributed by atoms with Gasteiger partial charge in [0.2, 0.25) is 5.91 Å². The molecule has 0 spiro atoms. The van der Waals surface area contributed by atoms with Crippen LogP contribution >= 0.6 is 0 Å². The molecular weight excluding hydrogens is 452 g/mol. The first-order valence-corrected chi connectivity index (χ1v) is 13.2. The lowest BCUT2D eigenvalue weighted by Gasteiger charge is -2.38. The number of amides is 1. The standard InChI is InChI=1S/C29H42N4O3/c1-23-7-5-6-8-25(23)9-10-30-11-13-32(14-12-30)22-29(34)33-17-15-31(16-18-33)21-26-20-28(36-4)27(35-3)19-24(26)2/h5-8,19-20H,9-18,21-22H2,1-4H3. The van der Waals surface area contributed by atoms with Crippen molar-refractivity contribution in [3.8, 4) is 11.5 Å². The first kappa shape index (κ1) is 26.5. The molecule has 1 amide bonds. The van der Waals surface area contributed by atoms with Crippen LogP contribution in [0, 0.1) is 13.8 Å². The zero-order chi connectivity index (χ0) is 25.5. The Morgan fingerprint density at radius 2 is 1.36 bits per heavy atom. The summed E-state index contributed by atoms with van der Waals surface area (Å²) in [5.41, 5.74) is 5.26. The third kappa shape index (κ3) is 6.78. The molecule has 2 fully saturated rings. The van der Waals surface area contributed by atoms with E-state index in [0.717, 1.165) is 83.4 Å². The van der Waals surface area contributed by atoms with Crippen LogP contribution in [0.15, 0.2) is 36.4 Å². The minimum absolute atomic E-state index is 0.269. The van der Waals surface area contributed by atoms with E-state index < -0.39 is 0 Å². The Bertz CT molecular complexity index is 1010. The number of nitrogens with zero attached hydrogens (tertiary/aromatic N) is 4. The molecule has 7 heteroatoms. The van der Waals surface area contributed by atoms with Crippen molar-refractivity contribution in [2.75, 3.05) is 79.7 Å². The van der Waals surface area contributed by atoms with E-state index in [1.54, 1.807) is 14.2 Å². The maximum absolute atomic E-state index is 13.0. The third-order valence-electron chi connectivity index (χ3n) is 7.74. The summed E-state index contributed by atoms with van der Waals surface area (Å²) < 4.78 is 10.9. The fourth-order valence-corrected chi connectivity index (χ4v) is 5.22. The monoisotopic (exact) mass is 494 g/mol. The van der Waals surface area contributed by atoms with Gasteiger partial charge in [0.1, 0.15) is 0 Å². The van der Waals surface area contributed by atoms with E-state index in [1.807, 2.05) is 11.0 Å². The van der Waals surface area contributed by atoms with Gasteiger partial charge in [0.05, 0.1) is 20.8 Å². The van der Waals surface area contributed by atoms with Gasteiger partial charge in [-0.1, -0.05) is 24.3 Å². The lowest BCUT2D eigenvalue weighted by molar-refractivity contribution is -0.134. The Balaban J connectivity index is 1.18. The van der Waals surface area contributed by atoms with Crippen LogP contribution in [-0.4, -0.2) is 105 Å².